The van der Waals surface area contributed by atoms with E-state index >= 15 is 0 Å². The van der Waals surface area contributed by atoms with E-state index in [4.69, 9.17) is 0 Å². The van der Waals surface area contributed by atoms with E-state index in [1.165, 1.54) is 29.5 Å². The van der Waals surface area contributed by atoms with Crippen molar-refractivity contribution in [3.8, 4) is 28.3 Å². The molecule has 4 heteroatoms. The number of benzene rings is 3. The molecule has 0 aliphatic heterocycles. The van der Waals surface area contributed by atoms with Crippen LogP contribution in [0.1, 0.15) is 104 Å². The second-order valence-electron chi connectivity index (χ2n) is 14.9. The number of fused-ring (bicyclic) bond motifs is 1. The Morgan fingerprint density at radius 3 is 2.15 bits per heavy atom. The number of rotatable bonds is 3. The van der Waals surface area contributed by atoms with Gasteiger partial charge in [-0.1, -0.05) is 81.7 Å². The molecule has 0 bridgehead atoms. The molecule has 1 heterocycles. The third-order valence-corrected chi connectivity index (χ3v) is 8.72. The summed E-state index contributed by atoms with van der Waals surface area (Å²) in [4.78, 5) is 0. The standard InChI is InChI=1S/C37H44N2O.Au/c1-34(2,3)27-22-31(35(4,5)6)33(40)32(23-27)39-19-18-38(24-39)28-13-11-12-25(20-28)26-14-15-29-30(21-26)37(9,10)17-16-36(29,7)8;/h11-13,15,18-19,21-23,40H,16-17H2,1-10H3;/q-2;+3. The van der Waals surface area contributed by atoms with Crippen LogP contribution in [0.4, 0.5) is 0 Å². The average molecular weight is 730 g/mol. The van der Waals surface area contributed by atoms with Crippen LogP contribution in [0.25, 0.3) is 22.5 Å². The van der Waals surface area contributed by atoms with Crippen LogP contribution >= 0.6 is 0 Å². The van der Waals surface area contributed by atoms with Gasteiger partial charge in [-0.2, -0.15) is 36.4 Å². The summed E-state index contributed by atoms with van der Waals surface area (Å²) >= 11 is 0. The first-order valence-electron chi connectivity index (χ1n) is 14.5. The molecule has 3 nitrogen and oxygen atoms in total. The van der Waals surface area contributed by atoms with Crippen molar-refractivity contribution in [3.63, 3.8) is 0 Å². The number of phenolic OH excluding ortho intramolecular Hbond substituents is 1. The van der Waals surface area contributed by atoms with Crippen LogP contribution in [0.15, 0.2) is 54.9 Å². The van der Waals surface area contributed by atoms with E-state index < -0.39 is 0 Å². The summed E-state index contributed by atoms with van der Waals surface area (Å²) in [5.41, 5.74) is 8.72. The molecular formula is C37H44AuN2O+. The number of imidazole rings is 1. The van der Waals surface area contributed by atoms with Crippen molar-refractivity contribution >= 4 is 0 Å². The maximum atomic E-state index is 11.4. The molecular weight excluding hydrogens is 685 g/mol. The zero-order valence-corrected chi connectivity index (χ0v) is 28.4. The molecule has 0 saturated heterocycles. The van der Waals surface area contributed by atoms with Crippen LogP contribution in [0, 0.1) is 18.5 Å². The Hall–Kier alpha value is -2.59. The maximum absolute atomic E-state index is 11.4. The van der Waals surface area contributed by atoms with Crippen molar-refractivity contribution in [1.82, 2.24) is 4.57 Å². The summed E-state index contributed by atoms with van der Waals surface area (Å²) in [7, 11) is 0. The van der Waals surface area contributed by atoms with Gasteiger partial charge < -0.3 is 9.67 Å². The molecule has 0 atom stereocenters. The second kappa shape index (κ2) is 10.6. The van der Waals surface area contributed by atoms with Gasteiger partial charge in [0.05, 0.1) is 0 Å². The molecule has 218 valence electrons. The number of hydrogen-bond acceptors (Lipinski definition) is 1. The fourth-order valence-electron chi connectivity index (χ4n) is 5.81. The van der Waals surface area contributed by atoms with Crippen molar-refractivity contribution in [2.75, 3.05) is 0 Å². The number of hydrogen-bond donors (Lipinski definition) is 1. The van der Waals surface area contributed by atoms with Gasteiger partial charge in [-0.15, -0.1) is 17.2 Å². The summed E-state index contributed by atoms with van der Waals surface area (Å²) in [5, 5.41) is 11.4. The molecule has 3 aromatic carbocycles. The molecule has 1 aliphatic rings. The Labute approximate surface area is 263 Å². The maximum Gasteiger partial charge on any atom is 3.00 e. The second-order valence-corrected chi connectivity index (χ2v) is 14.9. The number of aromatic hydroxyl groups is 1. The van der Waals surface area contributed by atoms with Crippen LogP contribution in [0.2, 0.25) is 0 Å². The Morgan fingerprint density at radius 2 is 1.51 bits per heavy atom. The SMILES string of the molecule is CC(C)(C)c1cc(-[n+]2[c-]n(-c3[c-]c(-c4[c-]cc5c(c4)C(C)(C)CCC5(C)C)ccc3)cc2)c(O)c(C(C)(C)C)c1.[Au+3]. The van der Waals surface area contributed by atoms with Gasteiger partial charge in [0, 0.05) is 12.4 Å². The van der Waals surface area contributed by atoms with Gasteiger partial charge in [-0.3, -0.25) is 4.57 Å². The fourth-order valence-corrected chi connectivity index (χ4v) is 5.81. The normalized spacial score (nSPS) is 16.1. The number of nitrogens with zero attached hydrogens (tertiary/aromatic N) is 2. The Balaban J connectivity index is 0.00000387. The molecule has 4 aromatic rings. The Bertz CT molecular complexity index is 1580. The van der Waals surface area contributed by atoms with E-state index in [1.807, 2.05) is 27.6 Å². The smallest absolute Gasteiger partial charge is 0.511 e. The molecule has 0 amide bonds. The summed E-state index contributed by atoms with van der Waals surface area (Å²) in [6.07, 6.45) is 9.72. The van der Waals surface area contributed by atoms with Crippen molar-refractivity contribution in [1.29, 1.82) is 0 Å². The first-order valence-corrected chi connectivity index (χ1v) is 14.5. The number of phenols is 1. The molecule has 0 saturated carbocycles. The summed E-state index contributed by atoms with van der Waals surface area (Å²) in [5.74, 6) is 0.298. The van der Waals surface area contributed by atoms with E-state index in [9.17, 15) is 5.11 Å². The van der Waals surface area contributed by atoms with E-state index in [1.54, 1.807) is 0 Å². The largest absolute Gasteiger partial charge is 3.00 e. The summed E-state index contributed by atoms with van der Waals surface area (Å²) in [6.45, 7) is 22.4. The van der Waals surface area contributed by atoms with Crippen LogP contribution in [-0.2, 0) is 44.0 Å². The molecule has 41 heavy (non-hydrogen) atoms. The minimum Gasteiger partial charge on any atom is -0.511 e. The van der Waals surface area contributed by atoms with Gasteiger partial charge in [0.15, 0.2) is 0 Å². The molecule has 1 N–H and O–H groups in total. The van der Waals surface area contributed by atoms with Gasteiger partial charge in [0.2, 0.25) is 0 Å². The van der Waals surface area contributed by atoms with Crippen LogP contribution < -0.4 is 4.57 Å². The molecule has 0 radical (unpaired) electrons. The topological polar surface area (TPSA) is 29.0 Å². The van der Waals surface area contributed by atoms with Crippen molar-refractivity contribution in [3.05, 3.63) is 95.6 Å². The minimum atomic E-state index is -0.194. The average Bonchev–Trinajstić information content (AvgIpc) is 3.36. The van der Waals surface area contributed by atoms with Crippen LogP contribution in [0.3, 0.4) is 0 Å². The van der Waals surface area contributed by atoms with Gasteiger partial charge in [0.25, 0.3) is 6.33 Å². The van der Waals surface area contributed by atoms with E-state index in [0.717, 1.165) is 28.1 Å². The van der Waals surface area contributed by atoms with Crippen LogP contribution in [-0.4, -0.2) is 9.67 Å². The molecule has 1 aliphatic carbocycles. The van der Waals surface area contributed by atoms with Crippen LogP contribution in [0.5, 0.6) is 5.75 Å². The zero-order chi connectivity index (χ0) is 29.3. The fraction of sp³-hybridized carbons (Fsp3) is 0.432. The third kappa shape index (κ3) is 6.00. The van der Waals surface area contributed by atoms with Gasteiger partial charge in [-0.25, -0.2) is 11.1 Å². The molecule has 1 aromatic heterocycles. The third-order valence-electron chi connectivity index (χ3n) is 8.72. The Morgan fingerprint density at radius 1 is 0.854 bits per heavy atom. The number of aromatic nitrogens is 2. The predicted molar refractivity (Wildman–Crippen MR) is 164 cm³/mol. The van der Waals surface area contributed by atoms with E-state index in [0.29, 0.717) is 5.75 Å². The molecule has 0 unspecified atom stereocenters. The Kier molecular flexibility index (Phi) is 8.10. The first-order chi connectivity index (χ1) is 18.5. The molecule has 5 rings (SSSR count). The van der Waals surface area contributed by atoms with Crippen molar-refractivity contribution in [2.24, 2.45) is 0 Å². The monoisotopic (exact) mass is 729 g/mol. The molecule has 0 spiro atoms. The van der Waals surface area contributed by atoms with Crippen molar-refractivity contribution < 1.29 is 32.1 Å². The summed E-state index contributed by atoms with van der Waals surface area (Å²) < 4.78 is 3.82. The summed E-state index contributed by atoms with van der Waals surface area (Å²) in [6, 6.07) is 22.2. The first kappa shape index (κ1) is 31.3. The molecule has 0 fully saturated rings. The minimum absolute atomic E-state index is 0. The van der Waals surface area contributed by atoms with Gasteiger partial charge in [-0.05, 0) is 51.0 Å². The van der Waals surface area contributed by atoms with Gasteiger partial charge >= 0.3 is 22.4 Å². The van der Waals surface area contributed by atoms with Gasteiger partial charge in [0.1, 0.15) is 11.4 Å². The predicted octanol–water partition coefficient (Wildman–Crippen LogP) is 8.47. The van der Waals surface area contributed by atoms with E-state index in [-0.39, 0.29) is 44.0 Å². The van der Waals surface area contributed by atoms with Crippen molar-refractivity contribution in [2.45, 2.75) is 104 Å². The van der Waals surface area contributed by atoms with E-state index in [2.05, 4.69) is 124 Å². The quantitative estimate of drug-likeness (QED) is 0.128. The zero-order valence-electron chi connectivity index (χ0n) is 26.3.